The molecule has 3 rings (SSSR count). The standard InChI is InChI=1S/C26H27N3O4/c1-33-23-13-12-20(17-21(23)19-10-6-3-7-11-19)25(31)29-22(16-18-8-4-2-5-9-18)26(32)28-15-14-24(27)30/h2-13,17,22H,14-16H2,1H3,(H2,27,30)(H,28,32)(H,29,31). The van der Waals surface area contributed by atoms with Crippen molar-refractivity contribution in [2.75, 3.05) is 13.7 Å². The monoisotopic (exact) mass is 445 g/mol. The topological polar surface area (TPSA) is 111 Å². The van der Waals surface area contributed by atoms with E-state index in [2.05, 4.69) is 10.6 Å². The molecule has 0 saturated heterocycles. The van der Waals surface area contributed by atoms with Crippen LogP contribution in [-0.4, -0.2) is 37.4 Å². The molecular formula is C26H27N3O4. The molecule has 0 radical (unpaired) electrons. The highest BCUT2D eigenvalue weighted by molar-refractivity contribution is 5.99. The summed E-state index contributed by atoms with van der Waals surface area (Å²) in [4.78, 5) is 36.9. The third-order valence-electron chi connectivity index (χ3n) is 5.12. The molecular weight excluding hydrogens is 418 g/mol. The van der Waals surface area contributed by atoms with Gasteiger partial charge in [0, 0.05) is 30.5 Å². The Morgan fingerprint density at radius 3 is 2.24 bits per heavy atom. The Kier molecular flexibility index (Phi) is 8.18. The van der Waals surface area contributed by atoms with Crippen LogP contribution in [0.4, 0.5) is 0 Å². The molecule has 33 heavy (non-hydrogen) atoms. The smallest absolute Gasteiger partial charge is 0.251 e. The van der Waals surface area contributed by atoms with Gasteiger partial charge in [0.25, 0.3) is 5.91 Å². The van der Waals surface area contributed by atoms with E-state index in [1.54, 1.807) is 25.3 Å². The van der Waals surface area contributed by atoms with Crippen LogP contribution in [0, 0.1) is 0 Å². The van der Waals surface area contributed by atoms with E-state index in [1.807, 2.05) is 60.7 Å². The van der Waals surface area contributed by atoms with Gasteiger partial charge in [-0.3, -0.25) is 14.4 Å². The molecule has 4 N–H and O–H groups in total. The van der Waals surface area contributed by atoms with Crippen LogP contribution < -0.4 is 21.1 Å². The van der Waals surface area contributed by atoms with Gasteiger partial charge in [0.1, 0.15) is 11.8 Å². The van der Waals surface area contributed by atoms with Gasteiger partial charge in [-0.15, -0.1) is 0 Å². The minimum atomic E-state index is -0.824. The molecule has 0 spiro atoms. The molecule has 1 unspecified atom stereocenters. The summed E-state index contributed by atoms with van der Waals surface area (Å²) in [6.45, 7) is 0.107. The Labute approximate surface area is 193 Å². The van der Waals surface area contributed by atoms with Gasteiger partial charge in [0.05, 0.1) is 7.11 Å². The molecule has 0 bridgehead atoms. The van der Waals surface area contributed by atoms with E-state index in [4.69, 9.17) is 10.5 Å². The summed E-state index contributed by atoms with van der Waals surface area (Å²) >= 11 is 0. The van der Waals surface area contributed by atoms with Crippen LogP contribution in [0.1, 0.15) is 22.3 Å². The number of amides is 3. The van der Waals surface area contributed by atoms with Crippen molar-refractivity contribution in [3.8, 4) is 16.9 Å². The van der Waals surface area contributed by atoms with E-state index in [-0.39, 0.29) is 24.8 Å². The van der Waals surface area contributed by atoms with Crippen molar-refractivity contribution in [3.63, 3.8) is 0 Å². The second kappa shape index (κ2) is 11.5. The number of hydrogen-bond acceptors (Lipinski definition) is 4. The first-order valence-electron chi connectivity index (χ1n) is 10.6. The number of nitrogens with two attached hydrogens (primary N) is 1. The lowest BCUT2D eigenvalue weighted by Gasteiger charge is -2.19. The number of methoxy groups -OCH3 is 1. The molecule has 1 atom stereocenters. The second-order valence-electron chi connectivity index (χ2n) is 7.50. The highest BCUT2D eigenvalue weighted by Gasteiger charge is 2.22. The minimum absolute atomic E-state index is 0.0245. The molecule has 3 aromatic carbocycles. The van der Waals surface area contributed by atoms with Gasteiger partial charge in [-0.05, 0) is 29.3 Å². The van der Waals surface area contributed by atoms with Crippen molar-refractivity contribution in [1.82, 2.24) is 10.6 Å². The Balaban J connectivity index is 1.82. The zero-order chi connectivity index (χ0) is 23.6. The Morgan fingerprint density at radius 2 is 1.61 bits per heavy atom. The molecule has 0 fully saturated rings. The van der Waals surface area contributed by atoms with Crippen LogP contribution in [-0.2, 0) is 16.0 Å². The van der Waals surface area contributed by atoms with Crippen LogP contribution in [0.25, 0.3) is 11.1 Å². The van der Waals surface area contributed by atoms with Gasteiger partial charge in [0.2, 0.25) is 11.8 Å². The Morgan fingerprint density at radius 1 is 0.939 bits per heavy atom. The summed E-state index contributed by atoms with van der Waals surface area (Å²) in [6.07, 6.45) is 0.327. The summed E-state index contributed by atoms with van der Waals surface area (Å²) in [6, 6.07) is 23.3. The zero-order valence-electron chi connectivity index (χ0n) is 18.4. The number of ether oxygens (including phenoxy) is 1. The molecule has 0 aliphatic carbocycles. The summed E-state index contributed by atoms with van der Waals surface area (Å²) < 4.78 is 5.46. The van der Waals surface area contributed by atoms with Crippen LogP contribution in [0.5, 0.6) is 5.75 Å². The first-order valence-corrected chi connectivity index (χ1v) is 10.6. The summed E-state index contributed by atoms with van der Waals surface area (Å²) in [5.74, 6) is -0.639. The Hall–Kier alpha value is -4.13. The van der Waals surface area contributed by atoms with Crippen molar-refractivity contribution in [1.29, 1.82) is 0 Å². The van der Waals surface area contributed by atoms with Crippen molar-refractivity contribution >= 4 is 17.7 Å². The van der Waals surface area contributed by atoms with Crippen molar-refractivity contribution in [2.24, 2.45) is 5.73 Å². The molecule has 0 heterocycles. The van der Waals surface area contributed by atoms with E-state index in [0.717, 1.165) is 16.7 Å². The lowest BCUT2D eigenvalue weighted by Crippen LogP contribution is -2.48. The molecule has 0 aliphatic heterocycles. The quantitative estimate of drug-likeness (QED) is 0.446. The predicted octanol–water partition coefficient (Wildman–Crippen LogP) is 2.69. The van der Waals surface area contributed by atoms with E-state index >= 15 is 0 Å². The molecule has 0 aliphatic rings. The fourth-order valence-electron chi connectivity index (χ4n) is 3.43. The fourth-order valence-corrected chi connectivity index (χ4v) is 3.43. The normalized spacial score (nSPS) is 11.3. The summed E-state index contributed by atoms with van der Waals surface area (Å²) in [5.41, 5.74) is 8.13. The minimum Gasteiger partial charge on any atom is -0.496 e. The van der Waals surface area contributed by atoms with Crippen molar-refractivity contribution < 1.29 is 19.1 Å². The van der Waals surface area contributed by atoms with Crippen molar-refractivity contribution in [2.45, 2.75) is 18.9 Å². The second-order valence-corrected chi connectivity index (χ2v) is 7.50. The average Bonchev–Trinajstić information content (AvgIpc) is 2.84. The number of carbonyl (C=O) groups excluding carboxylic acids is 3. The maximum Gasteiger partial charge on any atom is 0.251 e. The van der Waals surface area contributed by atoms with Gasteiger partial charge >= 0.3 is 0 Å². The van der Waals surface area contributed by atoms with Gasteiger partial charge in [-0.25, -0.2) is 0 Å². The SMILES string of the molecule is COc1ccc(C(=O)NC(Cc2ccccc2)C(=O)NCCC(N)=O)cc1-c1ccccc1. The molecule has 3 aromatic rings. The largest absolute Gasteiger partial charge is 0.496 e. The van der Waals surface area contributed by atoms with E-state index in [0.29, 0.717) is 17.7 Å². The van der Waals surface area contributed by atoms with Crippen LogP contribution in [0.15, 0.2) is 78.9 Å². The van der Waals surface area contributed by atoms with Crippen LogP contribution >= 0.6 is 0 Å². The molecule has 0 saturated carbocycles. The van der Waals surface area contributed by atoms with E-state index in [1.165, 1.54) is 0 Å². The lowest BCUT2D eigenvalue weighted by molar-refractivity contribution is -0.123. The molecule has 7 nitrogen and oxygen atoms in total. The molecule has 0 aromatic heterocycles. The highest BCUT2D eigenvalue weighted by Crippen LogP contribution is 2.30. The third kappa shape index (κ3) is 6.67. The Bertz CT molecular complexity index is 1100. The van der Waals surface area contributed by atoms with E-state index < -0.39 is 11.9 Å². The molecule has 3 amide bonds. The fraction of sp³-hybridized carbons (Fsp3) is 0.192. The number of nitrogens with one attached hydrogen (secondary N) is 2. The zero-order valence-corrected chi connectivity index (χ0v) is 18.4. The van der Waals surface area contributed by atoms with Gasteiger partial charge in [-0.1, -0.05) is 60.7 Å². The highest BCUT2D eigenvalue weighted by atomic mass is 16.5. The maximum absolute atomic E-state index is 13.1. The lowest BCUT2D eigenvalue weighted by atomic mass is 10.0. The summed E-state index contributed by atoms with van der Waals surface area (Å²) in [5, 5.41) is 5.50. The number of hydrogen-bond donors (Lipinski definition) is 3. The van der Waals surface area contributed by atoms with E-state index in [9.17, 15) is 14.4 Å². The number of benzene rings is 3. The first kappa shape index (κ1) is 23.5. The number of primary amides is 1. The maximum atomic E-state index is 13.1. The summed E-state index contributed by atoms with van der Waals surface area (Å²) in [7, 11) is 1.58. The van der Waals surface area contributed by atoms with Gasteiger partial charge in [-0.2, -0.15) is 0 Å². The van der Waals surface area contributed by atoms with Crippen molar-refractivity contribution in [3.05, 3.63) is 90.0 Å². The number of carbonyl (C=O) groups is 3. The first-order chi connectivity index (χ1) is 16.0. The molecule has 7 heteroatoms. The van der Waals surface area contributed by atoms with Gasteiger partial charge in [0.15, 0.2) is 0 Å². The molecule has 170 valence electrons. The average molecular weight is 446 g/mol. The number of rotatable bonds is 10. The third-order valence-corrected chi connectivity index (χ3v) is 5.12. The predicted molar refractivity (Wildman–Crippen MR) is 127 cm³/mol. The van der Waals surface area contributed by atoms with Crippen LogP contribution in [0.3, 0.4) is 0 Å². The van der Waals surface area contributed by atoms with Gasteiger partial charge < -0.3 is 21.1 Å². The van der Waals surface area contributed by atoms with Crippen LogP contribution in [0.2, 0.25) is 0 Å².